The van der Waals surface area contributed by atoms with Crippen LogP contribution in [-0.4, -0.2) is 24.9 Å². The van der Waals surface area contributed by atoms with Gasteiger partial charge in [-0.2, -0.15) is 0 Å². The van der Waals surface area contributed by atoms with E-state index in [1.54, 1.807) is 12.1 Å². The molecule has 15 heavy (non-hydrogen) atoms. The zero-order valence-corrected chi connectivity index (χ0v) is 9.74. The predicted molar refractivity (Wildman–Crippen MR) is 60.3 cm³/mol. The number of thiophene rings is 1. The van der Waals surface area contributed by atoms with Gasteiger partial charge in [0.25, 0.3) is 5.91 Å². The van der Waals surface area contributed by atoms with Gasteiger partial charge < -0.3 is 10.6 Å². The molecule has 2 amide bonds. The van der Waals surface area contributed by atoms with E-state index < -0.39 is 0 Å². The van der Waals surface area contributed by atoms with E-state index in [9.17, 15) is 9.59 Å². The van der Waals surface area contributed by atoms with Gasteiger partial charge in [-0.25, -0.2) is 0 Å². The van der Waals surface area contributed by atoms with Crippen molar-refractivity contribution in [1.82, 2.24) is 10.6 Å². The second kappa shape index (κ2) is 5.72. The third-order valence-corrected chi connectivity index (χ3v) is 2.81. The summed E-state index contributed by atoms with van der Waals surface area (Å²) in [6.07, 6.45) is 0. The van der Waals surface area contributed by atoms with Crippen molar-refractivity contribution in [3.63, 3.8) is 0 Å². The minimum absolute atomic E-state index is 0.108. The van der Waals surface area contributed by atoms with Gasteiger partial charge >= 0.3 is 0 Å². The highest BCUT2D eigenvalue weighted by molar-refractivity contribution is 7.17. The topological polar surface area (TPSA) is 58.2 Å². The van der Waals surface area contributed by atoms with Gasteiger partial charge in [-0.3, -0.25) is 9.59 Å². The lowest BCUT2D eigenvalue weighted by molar-refractivity contribution is -0.118. The maximum absolute atomic E-state index is 11.4. The number of halogens is 1. The van der Waals surface area contributed by atoms with E-state index in [0.29, 0.717) is 22.3 Å². The van der Waals surface area contributed by atoms with E-state index in [4.69, 9.17) is 11.6 Å². The zero-order chi connectivity index (χ0) is 11.3. The maximum Gasteiger partial charge on any atom is 0.261 e. The largest absolute Gasteiger partial charge is 0.355 e. The van der Waals surface area contributed by atoms with Crippen LogP contribution in [0, 0.1) is 0 Å². The zero-order valence-electron chi connectivity index (χ0n) is 8.17. The quantitative estimate of drug-likeness (QED) is 0.786. The molecule has 0 radical (unpaired) electrons. The molecule has 2 N–H and O–H groups in total. The lowest BCUT2D eigenvalue weighted by Crippen LogP contribution is -2.33. The van der Waals surface area contributed by atoms with Crippen molar-refractivity contribution in [3.05, 3.63) is 21.3 Å². The lowest BCUT2D eigenvalue weighted by Gasteiger charge is -2.03. The summed E-state index contributed by atoms with van der Waals surface area (Å²) in [6, 6.07) is 3.34. The maximum atomic E-state index is 11.4. The number of nitrogens with one attached hydrogen (secondary N) is 2. The van der Waals surface area contributed by atoms with Crippen molar-refractivity contribution < 1.29 is 9.59 Å². The molecular weight excluding hydrogens is 236 g/mol. The van der Waals surface area contributed by atoms with Crippen LogP contribution in [0.2, 0.25) is 4.34 Å². The van der Waals surface area contributed by atoms with Gasteiger partial charge in [-0.1, -0.05) is 11.6 Å². The molecular formula is C9H11ClN2O2S. The molecule has 6 heteroatoms. The number of rotatable bonds is 4. The molecule has 0 aliphatic heterocycles. The molecule has 0 bridgehead atoms. The van der Waals surface area contributed by atoms with E-state index in [1.165, 1.54) is 18.3 Å². The lowest BCUT2D eigenvalue weighted by atomic mass is 10.4. The van der Waals surface area contributed by atoms with Crippen LogP contribution < -0.4 is 10.6 Å². The first-order chi connectivity index (χ1) is 7.09. The summed E-state index contributed by atoms with van der Waals surface area (Å²) in [5.74, 6) is -0.277. The van der Waals surface area contributed by atoms with E-state index in [1.807, 2.05) is 0 Å². The smallest absolute Gasteiger partial charge is 0.261 e. The fraction of sp³-hybridized carbons (Fsp3) is 0.333. The molecule has 0 fully saturated rings. The first-order valence-corrected chi connectivity index (χ1v) is 5.57. The monoisotopic (exact) mass is 246 g/mol. The average molecular weight is 247 g/mol. The van der Waals surface area contributed by atoms with Gasteiger partial charge in [0.15, 0.2) is 0 Å². The highest BCUT2D eigenvalue weighted by Crippen LogP contribution is 2.20. The molecule has 1 heterocycles. The molecule has 0 aliphatic rings. The van der Waals surface area contributed by atoms with Crippen LogP contribution in [0.3, 0.4) is 0 Å². The van der Waals surface area contributed by atoms with Gasteiger partial charge in [-0.15, -0.1) is 11.3 Å². The Morgan fingerprint density at radius 3 is 2.53 bits per heavy atom. The Labute approximate surface area is 96.6 Å². The summed E-state index contributed by atoms with van der Waals surface area (Å²) >= 11 is 6.92. The Hall–Kier alpha value is -1.07. The Morgan fingerprint density at radius 2 is 2.00 bits per heavy atom. The van der Waals surface area contributed by atoms with Gasteiger partial charge in [-0.05, 0) is 12.1 Å². The first kappa shape index (κ1) is 12.0. The fourth-order valence-electron chi connectivity index (χ4n) is 0.938. The number of hydrogen-bond acceptors (Lipinski definition) is 3. The molecule has 1 aromatic rings. The van der Waals surface area contributed by atoms with Crippen molar-refractivity contribution in [3.8, 4) is 0 Å². The van der Waals surface area contributed by atoms with Gasteiger partial charge in [0.05, 0.1) is 9.21 Å². The summed E-state index contributed by atoms with van der Waals surface area (Å²) in [5.41, 5.74) is 0. The molecule has 0 unspecified atom stereocenters. The van der Waals surface area contributed by atoms with Crippen LogP contribution in [0.25, 0.3) is 0 Å². The predicted octanol–water partition coefficient (Wildman–Crippen LogP) is 1.27. The number of carbonyl (C=O) groups is 2. The molecule has 82 valence electrons. The van der Waals surface area contributed by atoms with Crippen LogP contribution in [0.15, 0.2) is 12.1 Å². The highest BCUT2D eigenvalue weighted by Gasteiger charge is 2.07. The summed E-state index contributed by atoms with van der Waals surface area (Å²) in [5, 5.41) is 5.25. The summed E-state index contributed by atoms with van der Waals surface area (Å²) in [7, 11) is 0. The SMILES string of the molecule is CC(=O)NCCNC(=O)c1ccc(Cl)s1. The second-order valence-electron chi connectivity index (χ2n) is 2.84. The van der Waals surface area contributed by atoms with Crippen LogP contribution in [0.5, 0.6) is 0 Å². The Morgan fingerprint density at radius 1 is 1.33 bits per heavy atom. The van der Waals surface area contributed by atoms with Gasteiger partial charge in [0, 0.05) is 20.0 Å². The number of amides is 2. The van der Waals surface area contributed by atoms with Gasteiger partial charge in [0.1, 0.15) is 0 Å². The van der Waals surface area contributed by atoms with Crippen LogP contribution in [0.1, 0.15) is 16.6 Å². The molecule has 0 saturated heterocycles. The third-order valence-electron chi connectivity index (χ3n) is 1.58. The van der Waals surface area contributed by atoms with E-state index >= 15 is 0 Å². The summed E-state index contributed by atoms with van der Waals surface area (Å²) in [4.78, 5) is 22.5. The van der Waals surface area contributed by atoms with Gasteiger partial charge in [0.2, 0.25) is 5.91 Å². The van der Waals surface area contributed by atoms with Crippen LogP contribution in [0.4, 0.5) is 0 Å². The number of carbonyl (C=O) groups excluding carboxylic acids is 2. The molecule has 1 aromatic heterocycles. The first-order valence-electron chi connectivity index (χ1n) is 4.37. The molecule has 0 spiro atoms. The molecule has 0 aliphatic carbocycles. The van der Waals surface area contributed by atoms with Crippen molar-refractivity contribution in [2.75, 3.05) is 13.1 Å². The minimum Gasteiger partial charge on any atom is -0.355 e. The molecule has 0 atom stereocenters. The van der Waals surface area contributed by atoms with Crippen LogP contribution >= 0.6 is 22.9 Å². The second-order valence-corrected chi connectivity index (χ2v) is 4.56. The average Bonchev–Trinajstić information content (AvgIpc) is 2.59. The van der Waals surface area contributed by atoms with Crippen molar-refractivity contribution in [2.24, 2.45) is 0 Å². The Bertz CT molecular complexity index is 365. The Balaban J connectivity index is 2.28. The summed E-state index contributed by atoms with van der Waals surface area (Å²) < 4.78 is 0.585. The molecule has 1 rings (SSSR count). The third kappa shape index (κ3) is 4.31. The van der Waals surface area contributed by atoms with E-state index in [-0.39, 0.29) is 11.8 Å². The fourth-order valence-corrected chi connectivity index (χ4v) is 1.90. The van der Waals surface area contributed by atoms with Crippen molar-refractivity contribution in [1.29, 1.82) is 0 Å². The van der Waals surface area contributed by atoms with E-state index in [2.05, 4.69) is 10.6 Å². The van der Waals surface area contributed by atoms with Crippen molar-refractivity contribution in [2.45, 2.75) is 6.92 Å². The minimum atomic E-state index is -0.169. The molecule has 0 saturated carbocycles. The summed E-state index contributed by atoms with van der Waals surface area (Å²) in [6.45, 7) is 2.27. The normalized spacial score (nSPS) is 9.73. The standard InChI is InChI=1S/C9H11ClN2O2S/c1-6(13)11-4-5-12-9(14)7-2-3-8(10)15-7/h2-3H,4-5H2,1H3,(H,11,13)(H,12,14). The Kier molecular flexibility index (Phi) is 4.58. The van der Waals surface area contributed by atoms with Crippen LogP contribution in [-0.2, 0) is 4.79 Å². The van der Waals surface area contributed by atoms with E-state index in [0.717, 1.165) is 0 Å². The highest BCUT2D eigenvalue weighted by atomic mass is 35.5. The molecule has 0 aromatic carbocycles. The van der Waals surface area contributed by atoms with Crippen molar-refractivity contribution >= 4 is 34.8 Å². The number of hydrogen-bond donors (Lipinski definition) is 2. The molecule has 4 nitrogen and oxygen atoms in total.